The maximum absolute atomic E-state index is 13.6. The van der Waals surface area contributed by atoms with Gasteiger partial charge in [-0.2, -0.15) is 0 Å². The molecule has 1 saturated heterocycles. The van der Waals surface area contributed by atoms with Crippen LogP contribution in [0.15, 0.2) is 12.1 Å². The van der Waals surface area contributed by atoms with Gasteiger partial charge in [-0.05, 0) is 43.5 Å². The molecule has 0 aliphatic carbocycles. The SMILES string of the molecule is Cc1cc(C2CCCCN2)cc(F)c1CF. The fourth-order valence-electron chi connectivity index (χ4n) is 2.31. The Morgan fingerprint density at radius 2 is 2.19 bits per heavy atom. The number of hydrogen-bond donors (Lipinski definition) is 1. The van der Waals surface area contributed by atoms with Crippen LogP contribution in [0.25, 0.3) is 0 Å². The van der Waals surface area contributed by atoms with E-state index in [1.54, 1.807) is 6.92 Å². The highest BCUT2D eigenvalue weighted by Crippen LogP contribution is 2.26. The van der Waals surface area contributed by atoms with E-state index in [1.165, 1.54) is 18.9 Å². The van der Waals surface area contributed by atoms with E-state index >= 15 is 0 Å². The van der Waals surface area contributed by atoms with E-state index in [-0.39, 0.29) is 11.6 Å². The molecule has 1 atom stereocenters. The molecule has 1 aliphatic rings. The molecule has 88 valence electrons. The van der Waals surface area contributed by atoms with E-state index in [0.717, 1.165) is 18.5 Å². The molecule has 1 nitrogen and oxygen atoms in total. The molecule has 1 aromatic carbocycles. The van der Waals surface area contributed by atoms with Crippen molar-refractivity contribution in [3.05, 3.63) is 34.6 Å². The van der Waals surface area contributed by atoms with Crippen LogP contribution >= 0.6 is 0 Å². The van der Waals surface area contributed by atoms with Crippen molar-refractivity contribution in [1.82, 2.24) is 5.32 Å². The lowest BCUT2D eigenvalue weighted by Crippen LogP contribution is -2.27. The number of halogens is 2. The molecule has 1 heterocycles. The predicted octanol–water partition coefficient (Wildman–Crippen LogP) is 3.42. The van der Waals surface area contributed by atoms with Gasteiger partial charge in [0.1, 0.15) is 12.5 Å². The lowest BCUT2D eigenvalue weighted by atomic mass is 9.94. The zero-order valence-corrected chi connectivity index (χ0v) is 9.52. The van der Waals surface area contributed by atoms with Gasteiger partial charge in [-0.3, -0.25) is 0 Å². The van der Waals surface area contributed by atoms with Crippen LogP contribution in [0.5, 0.6) is 0 Å². The van der Waals surface area contributed by atoms with Crippen molar-refractivity contribution in [3.63, 3.8) is 0 Å². The van der Waals surface area contributed by atoms with Crippen molar-refractivity contribution >= 4 is 0 Å². The molecule has 0 aromatic heterocycles. The molecule has 2 rings (SSSR count). The van der Waals surface area contributed by atoms with Gasteiger partial charge in [0, 0.05) is 11.6 Å². The van der Waals surface area contributed by atoms with E-state index in [2.05, 4.69) is 5.32 Å². The molecule has 1 unspecified atom stereocenters. The zero-order chi connectivity index (χ0) is 11.5. The van der Waals surface area contributed by atoms with Gasteiger partial charge in [-0.25, -0.2) is 8.78 Å². The van der Waals surface area contributed by atoms with Gasteiger partial charge in [-0.15, -0.1) is 0 Å². The van der Waals surface area contributed by atoms with E-state index in [4.69, 9.17) is 0 Å². The first-order chi connectivity index (χ1) is 7.72. The van der Waals surface area contributed by atoms with Crippen LogP contribution in [-0.4, -0.2) is 6.54 Å². The normalized spacial score (nSPS) is 21.1. The van der Waals surface area contributed by atoms with Crippen molar-refractivity contribution < 1.29 is 8.78 Å². The molecule has 0 saturated carbocycles. The van der Waals surface area contributed by atoms with E-state index in [0.29, 0.717) is 5.56 Å². The van der Waals surface area contributed by atoms with Gasteiger partial charge >= 0.3 is 0 Å². The fourth-order valence-corrected chi connectivity index (χ4v) is 2.31. The molecule has 1 N–H and O–H groups in total. The van der Waals surface area contributed by atoms with Crippen LogP contribution in [0, 0.1) is 12.7 Å². The Hall–Kier alpha value is -0.960. The van der Waals surface area contributed by atoms with Crippen LogP contribution in [0.3, 0.4) is 0 Å². The third kappa shape index (κ3) is 2.24. The monoisotopic (exact) mass is 225 g/mol. The Morgan fingerprint density at radius 1 is 1.38 bits per heavy atom. The van der Waals surface area contributed by atoms with E-state index < -0.39 is 12.5 Å². The third-order valence-corrected chi connectivity index (χ3v) is 3.29. The maximum Gasteiger partial charge on any atom is 0.129 e. The molecule has 3 heteroatoms. The second-order valence-corrected chi connectivity index (χ2v) is 4.43. The molecule has 0 bridgehead atoms. The zero-order valence-electron chi connectivity index (χ0n) is 9.52. The van der Waals surface area contributed by atoms with Gasteiger partial charge in [-0.1, -0.05) is 12.5 Å². The third-order valence-electron chi connectivity index (χ3n) is 3.29. The number of alkyl halides is 1. The second kappa shape index (κ2) is 4.91. The average Bonchev–Trinajstić information content (AvgIpc) is 2.30. The van der Waals surface area contributed by atoms with Gasteiger partial charge in [0.25, 0.3) is 0 Å². The van der Waals surface area contributed by atoms with Crippen molar-refractivity contribution in [2.45, 2.75) is 38.9 Å². The van der Waals surface area contributed by atoms with Gasteiger partial charge < -0.3 is 5.32 Å². The Labute approximate surface area is 94.9 Å². The van der Waals surface area contributed by atoms with Gasteiger partial charge in [0.15, 0.2) is 0 Å². The van der Waals surface area contributed by atoms with Crippen LogP contribution in [0.2, 0.25) is 0 Å². The summed E-state index contributed by atoms with van der Waals surface area (Å²) >= 11 is 0. The number of hydrogen-bond acceptors (Lipinski definition) is 1. The summed E-state index contributed by atoms with van der Waals surface area (Å²) in [4.78, 5) is 0. The summed E-state index contributed by atoms with van der Waals surface area (Å²) < 4.78 is 26.2. The van der Waals surface area contributed by atoms with Crippen LogP contribution in [0.4, 0.5) is 8.78 Å². The molecule has 0 spiro atoms. The molecule has 16 heavy (non-hydrogen) atoms. The topological polar surface area (TPSA) is 12.0 Å². The standard InChI is InChI=1S/C13H17F2N/c1-9-6-10(7-12(15)11(9)8-14)13-4-2-3-5-16-13/h6-7,13,16H,2-5,8H2,1H3. The summed E-state index contributed by atoms with van der Waals surface area (Å²) in [7, 11) is 0. The maximum atomic E-state index is 13.6. The summed E-state index contributed by atoms with van der Waals surface area (Å²) in [5.74, 6) is -0.412. The molecule has 1 fully saturated rings. The highest BCUT2D eigenvalue weighted by Gasteiger charge is 2.17. The molecule has 0 amide bonds. The number of nitrogens with one attached hydrogen (secondary N) is 1. The Morgan fingerprint density at radius 3 is 2.75 bits per heavy atom. The van der Waals surface area contributed by atoms with Crippen molar-refractivity contribution in [3.8, 4) is 0 Å². The summed E-state index contributed by atoms with van der Waals surface area (Å²) in [6, 6.07) is 3.61. The number of aryl methyl sites for hydroxylation is 1. The fraction of sp³-hybridized carbons (Fsp3) is 0.538. The van der Waals surface area contributed by atoms with E-state index in [9.17, 15) is 8.78 Å². The van der Waals surface area contributed by atoms with Gasteiger partial charge in [0.2, 0.25) is 0 Å². The van der Waals surface area contributed by atoms with Crippen LogP contribution in [0.1, 0.15) is 42.0 Å². The average molecular weight is 225 g/mol. The summed E-state index contributed by atoms with van der Waals surface area (Å²) in [5.41, 5.74) is 1.86. The Kier molecular flexibility index (Phi) is 3.54. The summed E-state index contributed by atoms with van der Waals surface area (Å²) in [6.45, 7) is 2.02. The predicted molar refractivity (Wildman–Crippen MR) is 60.5 cm³/mol. The van der Waals surface area contributed by atoms with Crippen molar-refractivity contribution in [2.75, 3.05) is 6.54 Å². The Balaban J connectivity index is 2.28. The smallest absolute Gasteiger partial charge is 0.129 e. The molecule has 1 aromatic rings. The number of benzene rings is 1. The van der Waals surface area contributed by atoms with Crippen molar-refractivity contribution in [2.24, 2.45) is 0 Å². The van der Waals surface area contributed by atoms with E-state index in [1.807, 2.05) is 6.07 Å². The number of rotatable bonds is 2. The highest BCUT2D eigenvalue weighted by molar-refractivity contribution is 5.34. The first-order valence-electron chi connectivity index (χ1n) is 5.80. The quantitative estimate of drug-likeness (QED) is 0.813. The number of piperidine rings is 1. The second-order valence-electron chi connectivity index (χ2n) is 4.43. The Bertz CT molecular complexity index is 347. The lowest BCUT2D eigenvalue weighted by Gasteiger charge is -2.24. The van der Waals surface area contributed by atoms with Crippen LogP contribution in [-0.2, 0) is 6.67 Å². The lowest BCUT2D eigenvalue weighted by molar-refractivity contribution is 0.409. The minimum atomic E-state index is -0.726. The van der Waals surface area contributed by atoms with Crippen molar-refractivity contribution in [1.29, 1.82) is 0 Å². The largest absolute Gasteiger partial charge is 0.310 e. The highest BCUT2D eigenvalue weighted by atomic mass is 19.1. The van der Waals surface area contributed by atoms with Crippen LogP contribution < -0.4 is 5.32 Å². The summed E-state index contributed by atoms with van der Waals surface area (Å²) in [6.07, 6.45) is 3.39. The molecular weight excluding hydrogens is 208 g/mol. The minimum Gasteiger partial charge on any atom is -0.310 e. The minimum absolute atomic E-state index is 0.194. The first kappa shape index (κ1) is 11.5. The molecule has 1 aliphatic heterocycles. The molecular formula is C13H17F2N. The first-order valence-corrected chi connectivity index (χ1v) is 5.80. The van der Waals surface area contributed by atoms with Gasteiger partial charge in [0.05, 0.1) is 0 Å². The molecule has 0 radical (unpaired) electrons. The summed E-state index contributed by atoms with van der Waals surface area (Å²) in [5, 5.41) is 3.37.